The molecule has 0 atom stereocenters. The number of pyridine rings is 2. The summed E-state index contributed by atoms with van der Waals surface area (Å²) in [5.41, 5.74) is 1.83. The Labute approximate surface area is 98.3 Å². The highest BCUT2D eigenvalue weighted by Gasteiger charge is 2.02. The predicted octanol–water partition coefficient (Wildman–Crippen LogP) is 2.25. The minimum atomic E-state index is -0.0205. The van der Waals surface area contributed by atoms with Gasteiger partial charge in [-0.3, -0.25) is 9.78 Å². The summed E-state index contributed by atoms with van der Waals surface area (Å²) in [6, 6.07) is 5.32. The van der Waals surface area contributed by atoms with Crippen LogP contribution in [0.1, 0.15) is 11.1 Å². The van der Waals surface area contributed by atoms with Crippen LogP contribution in [0.4, 0.5) is 0 Å². The summed E-state index contributed by atoms with van der Waals surface area (Å²) in [7, 11) is 0. The van der Waals surface area contributed by atoms with Crippen molar-refractivity contribution in [2.24, 2.45) is 0 Å². The molecule has 0 amide bonds. The Kier molecular flexibility index (Phi) is 3.06. The third-order valence-corrected chi connectivity index (χ3v) is 2.69. The average Bonchev–Trinajstić information content (AvgIpc) is 2.25. The molecule has 3 nitrogen and oxygen atoms in total. The van der Waals surface area contributed by atoms with E-state index in [0.717, 1.165) is 11.1 Å². The summed E-state index contributed by atoms with van der Waals surface area (Å²) >= 11 is 5.98. The molecule has 0 aliphatic carbocycles. The van der Waals surface area contributed by atoms with Gasteiger partial charge in [0.25, 0.3) is 5.56 Å². The number of nitrogens with zero attached hydrogens (tertiary/aromatic N) is 2. The maximum absolute atomic E-state index is 11.7. The van der Waals surface area contributed by atoms with Crippen LogP contribution in [-0.2, 0) is 6.54 Å². The van der Waals surface area contributed by atoms with Gasteiger partial charge in [0.1, 0.15) is 0 Å². The average molecular weight is 235 g/mol. The molecule has 0 aliphatic heterocycles. The van der Waals surface area contributed by atoms with Crippen molar-refractivity contribution in [2.75, 3.05) is 0 Å². The standard InChI is InChI=1S/C12H11ClN2O/c1-9-3-5-15(12(16)6-9)8-10-2-4-14-7-11(10)13/h2-7H,8H2,1H3. The molecule has 0 aromatic carbocycles. The fourth-order valence-electron chi connectivity index (χ4n) is 1.45. The maximum Gasteiger partial charge on any atom is 0.251 e. The van der Waals surface area contributed by atoms with Gasteiger partial charge < -0.3 is 4.57 Å². The molecular formula is C12H11ClN2O. The van der Waals surface area contributed by atoms with Crippen molar-refractivity contribution in [1.29, 1.82) is 0 Å². The van der Waals surface area contributed by atoms with Gasteiger partial charge in [-0.2, -0.15) is 0 Å². The van der Waals surface area contributed by atoms with Gasteiger partial charge in [0.05, 0.1) is 11.6 Å². The first-order chi connectivity index (χ1) is 7.66. The third kappa shape index (κ3) is 2.31. The van der Waals surface area contributed by atoms with Crippen molar-refractivity contribution in [3.8, 4) is 0 Å². The monoisotopic (exact) mass is 234 g/mol. The van der Waals surface area contributed by atoms with Gasteiger partial charge >= 0.3 is 0 Å². The number of hydrogen-bond acceptors (Lipinski definition) is 2. The molecule has 0 saturated heterocycles. The first kappa shape index (κ1) is 10.9. The van der Waals surface area contributed by atoms with E-state index in [0.29, 0.717) is 11.6 Å². The molecule has 0 unspecified atom stereocenters. The quantitative estimate of drug-likeness (QED) is 0.799. The molecule has 2 aromatic heterocycles. The van der Waals surface area contributed by atoms with Crippen molar-refractivity contribution < 1.29 is 0 Å². The van der Waals surface area contributed by atoms with Crippen molar-refractivity contribution in [3.63, 3.8) is 0 Å². The molecule has 0 saturated carbocycles. The number of aryl methyl sites for hydroxylation is 1. The van der Waals surface area contributed by atoms with Gasteiger partial charge in [-0.1, -0.05) is 11.6 Å². The number of aromatic nitrogens is 2. The van der Waals surface area contributed by atoms with Gasteiger partial charge in [-0.05, 0) is 30.2 Å². The van der Waals surface area contributed by atoms with E-state index in [9.17, 15) is 4.79 Å². The van der Waals surface area contributed by atoms with Crippen LogP contribution in [0.3, 0.4) is 0 Å². The lowest BCUT2D eigenvalue weighted by Crippen LogP contribution is -2.19. The minimum absolute atomic E-state index is 0.0205. The van der Waals surface area contributed by atoms with Crippen molar-refractivity contribution in [1.82, 2.24) is 9.55 Å². The smallest absolute Gasteiger partial charge is 0.251 e. The molecule has 16 heavy (non-hydrogen) atoms. The van der Waals surface area contributed by atoms with Crippen LogP contribution in [0.2, 0.25) is 5.02 Å². The maximum atomic E-state index is 11.7. The second-order valence-electron chi connectivity index (χ2n) is 3.64. The molecule has 0 spiro atoms. The van der Waals surface area contributed by atoms with E-state index in [4.69, 9.17) is 11.6 Å². The van der Waals surface area contributed by atoms with Crippen LogP contribution in [-0.4, -0.2) is 9.55 Å². The SMILES string of the molecule is Cc1ccn(Cc2ccncc2Cl)c(=O)c1. The van der Waals surface area contributed by atoms with Gasteiger partial charge in [-0.25, -0.2) is 0 Å². The van der Waals surface area contributed by atoms with E-state index in [1.165, 1.54) is 0 Å². The van der Waals surface area contributed by atoms with Crippen LogP contribution in [0.5, 0.6) is 0 Å². The van der Waals surface area contributed by atoms with Crippen molar-refractivity contribution in [3.05, 3.63) is 63.3 Å². The first-order valence-electron chi connectivity index (χ1n) is 4.92. The molecule has 82 valence electrons. The molecule has 2 rings (SSSR count). The van der Waals surface area contributed by atoms with E-state index in [1.807, 2.05) is 19.1 Å². The van der Waals surface area contributed by atoms with Gasteiger partial charge in [0.15, 0.2) is 0 Å². The zero-order chi connectivity index (χ0) is 11.5. The lowest BCUT2D eigenvalue weighted by molar-refractivity contribution is 0.756. The molecule has 2 aromatic rings. The minimum Gasteiger partial charge on any atom is -0.311 e. The molecule has 0 bridgehead atoms. The Morgan fingerprint density at radius 1 is 1.44 bits per heavy atom. The van der Waals surface area contributed by atoms with Crippen LogP contribution in [0.15, 0.2) is 41.6 Å². The molecule has 0 N–H and O–H groups in total. The molecule has 4 heteroatoms. The molecular weight excluding hydrogens is 224 g/mol. The van der Waals surface area contributed by atoms with Crippen molar-refractivity contribution >= 4 is 11.6 Å². The van der Waals surface area contributed by atoms with Gasteiger partial charge in [0.2, 0.25) is 0 Å². The van der Waals surface area contributed by atoms with Gasteiger partial charge in [0, 0.05) is 24.7 Å². The summed E-state index contributed by atoms with van der Waals surface area (Å²) in [6.45, 7) is 2.37. The zero-order valence-electron chi connectivity index (χ0n) is 8.85. The normalized spacial score (nSPS) is 10.4. The first-order valence-corrected chi connectivity index (χ1v) is 5.30. The van der Waals surface area contributed by atoms with Crippen molar-refractivity contribution in [2.45, 2.75) is 13.5 Å². The fraction of sp³-hybridized carbons (Fsp3) is 0.167. The molecule has 0 aliphatic rings. The highest BCUT2D eigenvalue weighted by Crippen LogP contribution is 2.13. The third-order valence-electron chi connectivity index (χ3n) is 2.35. The van der Waals surface area contributed by atoms with Crippen LogP contribution in [0, 0.1) is 6.92 Å². The van der Waals surface area contributed by atoms with E-state index >= 15 is 0 Å². The summed E-state index contributed by atoms with van der Waals surface area (Å²) < 4.78 is 1.62. The summed E-state index contributed by atoms with van der Waals surface area (Å²) in [6.07, 6.45) is 5.02. The highest BCUT2D eigenvalue weighted by atomic mass is 35.5. The van der Waals surface area contributed by atoms with Crippen LogP contribution in [0.25, 0.3) is 0 Å². The van der Waals surface area contributed by atoms with E-state index in [2.05, 4.69) is 4.98 Å². The Hall–Kier alpha value is -1.61. The Bertz CT molecular complexity index is 563. The summed E-state index contributed by atoms with van der Waals surface area (Å²) in [4.78, 5) is 15.6. The van der Waals surface area contributed by atoms with Crippen LogP contribution >= 0.6 is 11.6 Å². The Balaban J connectivity index is 2.35. The van der Waals surface area contributed by atoms with Gasteiger partial charge in [-0.15, -0.1) is 0 Å². The zero-order valence-corrected chi connectivity index (χ0v) is 9.61. The molecule has 2 heterocycles. The highest BCUT2D eigenvalue weighted by molar-refractivity contribution is 6.31. The number of hydrogen-bond donors (Lipinski definition) is 0. The Morgan fingerprint density at radius 3 is 2.94 bits per heavy atom. The summed E-state index contributed by atoms with van der Waals surface area (Å²) in [5.74, 6) is 0. The summed E-state index contributed by atoms with van der Waals surface area (Å²) in [5, 5.41) is 0.579. The second kappa shape index (κ2) is 4.49. The van der Waals surface area contributed by atoms with E-state index in [1.54, 1.807) is 29.2 Å². The molecule has 0 radical (unpaired) electrons. The van der Waals surface area contributed by atoms with E-state index in [-0.39, 0.29) is 5.56 Å². The topological polar surface area (TPSA) is 34.9 Å². The lowest BCUT2D eigenvalue weighted by Gasteiger charge is -2.07. The lowest BCUT2D eigenvalue weighted by atomic mass is 10.2. The fourth-order valence-corrected chi connectivity index (χ4v) is 1.63. The number of halogens is 1. The predicted molar refractivity (Wildman–Crippen MR) is 63.8 cm³/mol. The molecule has 0 fully saturated rings. The van der Waals surface area contributed by atoms with E-state index < -0.39 is 0 Å². The number of rotatable bonds is 2. The van der Waals surface area contributed by atoms with Crippen LogP contribution < -0.4 is 5.56 Å². The Morgan fingerprint density at radius 2 is 2.25 bits per heavy atom. The second-order valence-corrected chi connectivity index (χ2v) is 4.04. The largest absolute Gasteiger partial charge is 0.311 e.